The van der Waals surface area contributed by atoms with Gasteiger partial charge < -0.3 is 5.11 Å². The number of hydrogen-bond donors (Lipinski definition) is 1. The molecule has 0 bridgehead atoms. The molecule has 2 heterocycles. The topological polar surface area (TPSA) is 23.5 Å². The molecule has 1 aliphatic rings. The lowest BCUT2D eigenvalue weighted by atomic mass is 10.1. The molecule has 84 valence electrons. The molecule has 0 amide bonds. The molecule has 0 aliphatic carbocycles. The molecule has 0 unspecified atom stereocenters. The summed E-state index contributed by atoms with van der Waals surface area (Å²) in [5.74, 6) is 0.369. The van der Waals surface area contributed by atoms with Crippen LogP contribution in [0.15, 0.2) is 23.6 Å². The van der Waals surface area contributed by atoms with E-state index in [9.17, 15) is 5.11 Å². The van der Waals surface area contributed by atoms with Crippen LogP contribution in [-0.2, 0) is 6.54 Å². The number of rotatable bonds is 2. The Balaban J connectivity index is 1.93. The molecule has 1 aromatic heterocycles. The van der Waals surface area contributed by atoms with Gasteiger partial charge in [-0.05, 0) is 55.1 Å². The van der Waals surface area contributed by atoms with Crippen molar-refractivity contribution in [3.8, 4) is 5.75 Å². The van der Waals surface area contributed by atoms with Crippen molar-refractivity contribution in [2.45, 2.75) is 19.4 Å². The molecule has 3 heteroatoms. The molecule has 0 saturated carbocycles. The predicted octanol–water partition coefficient (Wildman–Crippen LogP) is 3.20. The number of hydrogen-bond acceptors (Lipinski definition) is 3. The zero-order valence-corrected chi connectivity index (χ0v) is 9.96. The van der Waals surface area contributed by atoms with Gasteiger partial charge in [0, 0.05) is 16.6 Å². The van der Waals surface area contributed by atoms with Crippen molar-refractivity contribution in [3.63, 3.8) is 0 Å². The molecule has 16 heavy (non-hydrogen) atoms. The van der Waals surface area contributed by atoms with E-state index in [1.807, 2.05) is 12.1 Å². The number of aromatic hydroxyl groups is 1. The summed E-state index contributed by atoms with van der Waals surface area (Å²) < 4.78 is 1.27. The van der Waals surface area contributed by atoms with Crippen molar-refractivity contribution in [2.24, 2.45) is 0 Å². The van der Waals surface area contributed by atoms with Crippen LogP contribution in [0, 0.1) is 0 Å². The minimum Gasteiger partial charge on any atom is -0.508 e. The summed E-state index contributed by atoms with van der Waals surface area (Å²) in [4.78, 5) is 2.49. The van der Waals surface area contributed by atoms with Gasteiger partial charge in [0.05, 0.1) is 0 Å². The van der Waals surface area contributed by atoms with Crippen LogP contribution < -0.4 is 0 Å². The smallest absolute Gasteiger partial charge is 0.116 e. The number of phenolic OH excluding ortho intramolecular Hbond substituents is 1. The van der Waals surface area contributed by atoms with E-state index in [2.05, 4.69) is 10.3 Å². The highest BCUT2D eigenvalue weighted by Gasteiger charge is 2.14. The summed E-state index contributed by atoms with van der Waals surface area (Å²) in [6.45, 7) is 3.47. The van der Waals surface area contributed by atoms with Crippen LogP contribution in [0.1, 0.15) is 18.4 Å². The second-order valence-corrected chi connectivity index (χ2v) is 5.34. The molecule has 1 fully saturated rings. The molecular weight excluding hydrogens is 218 g/mol. The van der Waals surface area contributed by atoms with E-state index >= 15 is 0 Å². The quantitative estimate of drug-likeness (QED) is 0.861. The van der Waals surface area contributed by atoms with Gasteiger partial charge in [-0.2, -0.15) is 0 Å². The zero-order chi connectivity index (χ0) is 11.0. The highest BCUT2D eigenvalue weighted by molar-refractivity contribution is 7.17. The van der Waals surface area contributed by atoms with Gasteiger partial charge in [0.25, 0.3) is 0 Å². The van der Waals surface area contributed by atoms with Gasteiger partial charge in [-0.1, -0.05) is 0 Å². The molecule has 2 nitrogen and oxygen atoms in total. The summed E-state index contributed by atoms with van der Waals surface area (Å²) in [6.07, 6.45) is 2.65. The first kappa shape index (κ1) is 10.1. The van der Waals surface area contributed by atoms with Crippen LogP contribution in [0.5, 0.6) is 5.75 Å². The molecule has 1 saturated heterocycles. The third-order valence-electron chi connectivity index (χ3n) is 3.23. The van der Waals surface area contributed by atoms with E-state index in [1.54, 1.807) is 17.4 Å². The van der Waals surface area contributed by atoms with Gasteiger partial charge >= 0.3 is 0 Å². The van der Waals surface area contributed by atoms with Crippen molar-refractivity contribution in [1.82, 2.24) is 4.90 Å². The highest BCUT2D eigenvalue weighted by atomic mass is 32.1. The lowest BCUT2D eigenvalue weighted by Gasteiger charge is -2.13. The molecule has 1 N–H and O–H groups in total. The summed E-state index contributed by atoms with van der Waals surface area (Å²) in [7, 11) is 0. The molecule has 0 radical (unpaired) electrons. The third kappa shape index (κ3) is 1.81. The van der Waals surface area contributed by atoms with Crippen LogP contribution >= 0.6 is 11.3 Å². The fourth-order valence-corrected chi connectivity index (χ4v) is 3.31. The van der Waals surface area contributed by atoms with Crippen molar-refractivity contribution in [2.75, 3.05) is 13.1 Å². The van der Waals surface area contributed by atoms with Gasteiger partial charge in [0.2, 0.25) is 0 Å². The van der Waals surface area contributed by atoms with Gasteiger partial charge in [0.1, 0.15) is 5.75 Å². The Bertz CT molecular complexity index is 500. The summed E-state index contributed by atoms with van der Waals surface area (Å²) in [6, 6.07) is 5.65. The first-order valence-electron chi connectivity index (χ1n) is 5.74. The average molecular weight is 233 g/mol. The maximum atomic E-state index is 9.52. The van der Waals surface area contributed by atoms with Crippen molar-refractivity contribution in [3.05, 3.63) is 29.1 Å². The minimum atomic E-state index is 0.369. The molecule has 1 aromatic carbocycles. The maximum Gasteiger partial charge on any atom is 0.116 e. The minimum absolute atomic E-state index is 0.369. The van der Waals surface area contributed by atoms with Crippen molar-refractivity contribution < 1.29 is 5.11 Å². The van der Waals surface area contributed by atoms with Crippen LogP contribution in [0.4, 0.5) is 0 Å². The number of benzene rings is 1. The normalized spacial score (nSPS) is 17.2. The van der Waals surface area contributed by atoms with E-state index in [4.69, 9.17) is 0 Å². The van der Waals surface area contributed by atoms with Crippen LogP contribution in [0.2, 0.25) is 0 Å². The first-order chi connectivity index (χ1) is 7.83. The van der Waals surface area contributed by atoms with E-state index in [1.165, 1.54) is 41.6 Å². The monoisotopic (exact) mass is 233 g/mol. The first-order valence-corrected chi connectivity index (χ1v) is 6.62. The average Bonchev–Trinajstić information content (AvgIpc) is 2.90. The lowest BCUT2D eigenvalue weighted by molar-refractivity contribution is 0.333. The van der Waals surface area contributed by atoms with E-state index in [0.29, 0.717) is 5.75 Å². The molecule has 3 rings (SSSR count). The van der Waals surface area contributed by atoms with E-state index in [0.717, 1.165) is 6.54 Å². The summed E-state index contributed by atoms with van der Waals surface area (Å²) in [5.41, 5.74) is 1.36. The van der Waals surface area contributed by atoms with Gasteiger partial charge in [0.15, 0.2) is 0 Å². The predicted molar refractivity (Wildman–Crippen MR) is 68.0 cm³/mol. The Hall–Kier alpha value is -1.06. The Morgan fingerprint density at radius 3 is 2.88 bits per heavy atom. The molecule has 0 spiro atoms. The Labute approximate surface area is 99.1 Å². The standard InChI is InChI=1S/C13H15NOS/c15-11-3-4-13-12(7-11)10(9-16-13)8-14-5-1-2-6-14/h3-4,7,9,15H,1-2,5-6,8H2. The molecule has 1 aliphatic heterocycles. The van der Waals surface area contributed by atoms with Gasteiger partial charge in [-0.3, -0.25) is 4.90 Å². The molecular formula is C13H15NOS. The highest BCUT2D eigenvalue weighted by Crippen LogP contribution is 2.30. The van der Waals surface area contributed by atoms with E-state index < -0.39 is 0 Å². The summed E-state index contributed by atoms with van der Waals surface area (Å²) in [5, 5.41) is 13.0. The largest absolute Gasteiger partial charge is 0.508 e. The van der Waals surface area contributed by atoms with Crippen LogP contribution in [0.25, 0.3) is 10.1 Å². The Morgan fingerprint density at radius 1 is 1.25 bits per heavy atom. The van der Waals surface area contributed by atoms with Gasteiger partial charge in [-0.25, -0.2) is 0 Å². The zero-order valence-electron chi connectivity index (χ0n) is 9.15. The second-order valence-electron chi connectivity index (χ2n) is 4.42. The molecule has 2 aromatic rings. The summed E-state index contributed by atoms with van der Waals surface area (Å²) >= 11 is 1.77. The van der Waals surface area contributed by atoms with Crippen LogP contribution in [-0.4, -0.2) is 23.1 Å². The third-order valence-corrected chi connectivity index (χ3v) is 4.24. The maximum absolute atomic E-state index is 9.52. The fraction of sp³-hybridized carbons (Fsp3) is 0.385. The molecule has 0 atom stereocenters. The fourth-order valence-electron chi connectivity index (χ4n) is 2.37. The number of nitrogens with zero attached hydrogens (tertiary/aromatic N) is 1. The Kier molecular flexibility index (Phi) is 2.58. The number of likely N-dealkylation sites (tertiary alicyclic amines) is 1. The Morgan fingerprint density at radius 2 is 2.06 bits per heavy atom. The lowest BCUT2D eigenvalue weighted by Crippen LogP contribution is -2.17. The van der Waals surface area contributed by atoms with Crippen molar-refractivity contribution >= 4 is 21.4 Å². The van der Waals surface area contributed by atoms with Crippen LogP contribution in [0.3, 0.4) is 0 Å². The number of phenols is 1. The van der Waals surface area contributed by atoms with Gasteiger partial charge in [-0.15, -0.1) is 11.3 Å². The van der Waals surface area contributed by atoms with Crippen molar-refractivity contribution in [1.29, 1.82) is 0 Å². The van der Waals surface area contributed by atoms with E-state index in [-0.39, 0.29) is 0 Å². The second kappa shape index (κ2) is 4.07. The number of thiophene rings is 1. The number of fused-ring (bicyclic) bond motifs is 1. The SMILES string of the molecule is Oc1ccc2scc(CN3CCCC3)c2c1.